The first-order valence-electron chi connectivity index (χ1n) is 7.83. The average Bonchev–Trinajstić information content (AvgIpc) is 2.48. The Bertz CT molecular complexity index is 505. The van der Waals surface area contributed by atoms with Crippen LogP contribution in [0.15, 0.2) is 24.3 Å². The van der Waals surface area contributed by atoms with E-state index >= 15 is 0 Å². The fraction of sp³-hybridized carbons (Fsp3) is 0.529. The van der Waals surface area contributed by atoms with Crippen molar-refractivity contribution >= 4 is 11.9 Å². The van der Waals surface area contributed by atoms with Gasteiger partial charge in [0.2, 0.25) is 5.91 Å². The second kappa shape index (κ2) is 7.94. The Kier molecular flexibility index (Phi) is 5.95. The van der Waals surface area contributed by atoms with E-state index in [2.05, 4.69) is 4.90 Å². The molecule has 22 heavy (non-hydrogen) atoms. The number of hydrogen-bond donors (Lipinski definition) is 2. The van der Waals surface area contributed by atoms with E-state index in [1.807, 2.05) is 24.3 Å². The van der Waals surface area contributed by atoms with E-state index in [0.29, 0.717) is 12.3 Å². The summed E-state index contributed by atoms with van der Waals surface area (Å²) in [6.45, 7) is 2.98. The zero-order chi connectivity index (χ0) is 15.9. The number of piperidine rings is 1. The molecule has 1 aromatic rings. The summed E-state index contributed by atoms with van der Waals surface area (Å²) < 4.78 is 0. The molecule has 5 nitrogen and oxygen atoms in total. The van der Waals surface area contributed by atoms with Crippen molar-refractivity contribution in [3.63, 3.8) is 0 Å². The Balaban J connectivity index is 1.76. The maximum atomic E-state index is 10.8. The van der Waals surface area contributed by atoms with Crippen LogP contribution in [0.1, 0.15) is 36.8 Å². The summed E-state index contributed by atoms with van der Waals surface area (Å²) in [5.74, 6) is -0.392. The molecular weight excluding hydrogens is 280 g/mol. The zero-order valence-corrected chi connectivity index (χ0v) is 12.8. The fourth-order valence-electron chi connectivity index (χ4n) is 2.97. The van der Waals surface area contributed by atoms with Gasteiger partial charge < -0.3 is 10.8 Å². The molecule has 0 unspecified atom stereocenters. The van der Waals surface area contributed by atoms with Gasteiger partial charge in [-0.2, -0.15) is 0 Å². The molecule has 0 spiro atoms. The Morgan fingerprint density at radius 3 is 2.27 bits per heavy atom. The lowest BCUT2D eigenvalue weighted by Gasteiger charge is -2.31. The van der Waals surface area contributed by atoms with Crippen molar-refractivity contribution in [2.24, 2.45) is 11.7 Å². The predicted molar refractivity (Wildman–Crippen MR) is 84.2 cm³/mol. The summed E-state index contributed by atoms with van der Waals surface area (Å²) in [7, 11) is 0. The molecule has 5 heteroatoms. The van der Waals surface area contributed by atoms with Crippen LogP contribution >= 0.6 is 0 Å². The SMILES string of the molecule is NC(=O)CCC1CCN(Cc2ccc(CC(=O)O)cc2)CC1. The van der Waals surface area contributed by atoms with Gasteiger partial charge in [-0.25, -0.2) is 0 Å². The quantitative estimate of drug-likeness (QED) is 0.804. The van der Waals surface area contributed by atoms with Crippen LogP contribution in [0.4, 0.5) is 0 Å². The van der Waals surface area contributed by atoms with Gasteiger partial charge in [0.15, 0.2) is 0 Å². The second-order valence-corrected chi connectivity index (χ2v) is 6.11. The lowest BCUT2D eigenvalue weighted by atomic mass is 9.92. The third kappa shape index (κ3) is 5.48. The van der Waals surface area contributed by atoms with Crippen LogP contribution in [0.2, 0.25) is 0 Å². The van der Waals surface area contributed by atoms with Gasteiger partial charge >= 0.3 is 5.97 Å². The van der Waals surface area contributed by atoms with Crippen molar-refractivity contribution in [1.82, 2.24) is 4.90 Å². The van der Waals surface area contributed by atoms with Gasteiger partial charge in [-0.1, -0.05) is 24.3 Å². The van der Waals surface area contributed by atoms with Crippen molar-refractivity contribution in [2.75, 3.05) is 13.1 Å². The van der Waals surface area contributed by atoms with Gasteiger partial charge in [-0.15, -0.1) is 0 Å². The Morgan fingerprint density at radius 1 is 1.14 bits per heavy atom. The van der Waals surface area contributed by atoms with Crippen molar-refractivity contribution in [2.45, 2.75) is 38.6 Å². The first-order chi connectivity index (χ1) is 10.5. The van der Waals surface area contributed by atoms with E-state index in [4.69, 9.17) is 10.8 Å². The molecule has 0 atom stereocenters. The highest BCUT2D eigenvalue weighted by Crippen LogP contribution is 2.23. The van der Waals surface area contributed by atoms with Crippen LogP contribution in [-0.4, -0.2) is 35.0 Å². The van der Waals surface area contributed by atoms with Crippen LogP contribution in [0.25, 0.3) is 0 Å². The summed E-state index contributed by atoms with van der Waals surface area (Å²) in [4.78, 5) is 23.9. The number of hydrogen-bond acceptors (Lipinski definition) is 3. The summed E-state index contributed by atoms with van der Waals surface area (Å²) in [6.07, 6.45) is 3.71. The molecule has 1 amide bonds. The van der Waals surface area contributed by atoms with E-state index in [9.17, 15) is 9.59 Å². The molecule has 1 aromatic carbocycles. The van der Waals surface area contributed by atoms with Gasteiger partial charge in [-0.3, -0.25) is 14.5 Å². The first-order valence-corrected chi connectivity index (χ1v) is 7.83. The number of primary amides is 1. The second-order valence-electron chi connectivity index (χ2n) is 6.11. The maximum Gasteiger partial charge on any atom is 0.307 e. The number of nitrogens with zero attached hydrogens (tertiary/aromatic N) is 1. The topological polar surface area (TPSA) is 83.6 Å². The van der Waals surface area contributed by atoms with E-state index in [1.165, 1.54) is 5.56 Å². The third-order valence-corrected chi connectivity index (χ3v) is 4.29. The third-order valence-electron chi connectivity index (χ3n) is 4.29. The first kappa shape index (κ1) is 16.5. The molecular formula is C17H24N2O3. The summed E-state index contributed by atoms with van der Waals surface area (Å²) in [5, 5.41) is 8.76. The van der Waals surface area contributed by atoms with Gasteiger partial charge in [0.05, 0.1) is 6.42 Å². The minimum atomic E-state index is -0.800. The number of carbonyl (C=O) groups excluding carboxylic acids is 1. The average molecular weight is 304 g/mol. The van der Waals surface area contributed by atoms with Gasteiger partial charge in [0.25, 0.3) is 0 Å². The van der Waals surface area contributed by atoms with Crippen molar-refractivity contribution < 1.29 is 14.7 Å². The normalized spacial score (nSPS) is 16.5. The summed E-state index contributed by atoms with van der Waals surface area (Å²) >= 11 is 0. The molecule has 120 valence electrons. The number of benzene rings is 1. The van der Waals surface area contributed by atoms with Gasteiger partial charge in [0.1, 0.15) is 0 Å². The van der Waals surface area contributed by atoms with Gasteiger partial charge in [-0.05, 0) is 49.4 Å². The monoisotopic (exact) mass is 304 g/mol. The number of amides is 1. The molecule has 1 aliphatic heterocycles. The molecule has 0 bridgehead atoms. The molecule has 0 saturated carbocycles. The van der Waals surface area contributed by atoms with E-state index in [-0.39, 0.29) is 12.3 Å². The van der Waals surface area contributed by atoms with Crippen LogP contribution < -0.4 is 5.73 Å². The summed E-state index contributed by atoms with van der Waals surface area (Å²) in [5.41, 5.74) is 7.24. The number of aliphatic carboxylic acids is 1. The highest BCUT2D eigenvalue weighted by atomic mass is 16.4. The molecule has 3 N–H and O–H groups in total. The number of nitrogens with two attached hydrogens (primary N) is 1. The number of likely N-dealkylation sites (tertiary alicyclic amines) is 1. The Morgan fingerprint density at radius 2 is 1.73 bits per heavy atom. The fourth-order valence-corrected chi connectivity index (χ4v) is 2.97. The maximum absolute atomic E-state index is 10.8. The van der Waals surface area contributed by atoms with E-state index in [0.717, 1.165) is 44.5 Å². The number of rotatable bonds is 7. The van der Waals surface area contributed by atoms with E-state index < -0.39 is 5.97 Å². The Labute approximate surface area is 131 Å². The van der Waals surface area contributed by atoms with Crippen molar-refractivity contribution in [1.29, 1.82) is 0 Å². The van der Waals surface area contributed by atoms with Crippen molar-refractivity contribution in [3.05, 3.63) is 35.4 Å². The highest BCUT2D eigenvalue weighted by Gasteiger charge is 2.19. The van der Waals surface area contributed by atoms with E-state index in [1.54, 1.807) is 0 Å². The molecule has 0 aliphatic carbocycles. The molecule has 1 saturated heterocycles. The lowest BCUT2D eigenvalue weighted by Crippen LogP contribution is -2.33. The molecule has 1 heterocycles. The lowest BCUT2D eigenvalue weighted by molar-refractivity contribution is -0.136. The predicted octanol–water partition coefficient (Wildman–Crippen LogP) is 1.79. The largest absolute Gasteiger partial charge is 0.481 e. The Hall–Kier alpha value is -1.88. The molecule has 0 radical (unpaired) electrons. The molecule has 2 rings (SSSR count). The minimum absolute atomic E-state index is 0.0749. The van der Waals surface area contributed by atoms with Crippen LogP contribution in [0, 0.1) is 5.92 Å². The molecule has 1 fully saturated rings. The standard InChI is InChI=1S/C17H24N2O3/c18-16(20)6-5-13-7-9-19(10-8-13)12-15-3-1-14(2-4-15)11-17(21)22/h1-4,13H,5-12H2,(H2,18,20)(H,21,22). The smallest absolute Gasteiger partial charge is 0.307 e. The number of carbonyl (C=O) groups is 2. The molecule has 1 aliphatic rings. The van der Waals surface area contributed by atoms with Crippen molar-refractivity contribution in [3.8, 4) is 0 Å². The van der Waals surface area contributed by atoms with Crippen LogP contribution in [-0.2, 0) is 22.6 Å². The highest BCUT2D eigenvalue weighted by molar-refractivity contribution is 5.73. The number of carboxylic acid groups (broad SMARTS) is 1. The number of carboxylic acids is 1. The molecule has 0 aromatic heterocycles. The summed E-state index contributed by atoms with van der Waals surface area (Å²) in [6, 6.07) is 7.81. The van der Waals surface area contributed by atoms with Crippen LogP contribution in [0.3, 0.4) is 0 Å². The zero-order valence-electron chi connectivity index (χ0n) is 12.8. The minimum Gasteiger partial charge on any atom is -0.481 e. The van der Waals surface area contributed by atoms with Crippen LogP contribution in [0.5, 0.6) is 0 Å². The van der Waals surface area contributed by atoms with Gasteiger partial charge in [0, 0.05) is 13.0 Å².